The Morgan fingerprint density at radius 3 is 2.58 bits per heavy atom. The highest BCUT2D eigenvalue weighted by Crippen LogP contribution is 2.30. The van der Waals surface area contributed by atoms with Gasteiger partial charge in [0.2, 0.25) is 0 Å². The van der Waals surface area contributed by atoms with Crippen LogP contribution in [0.3, 0.4) is 0 Å². The minimum Gasteiger partial charge on any atom is -0.504 e. The Bertz CT molecular complexity index is 271. The summed E-state index contributed by atoms with van der Waals surface area (Å²) in [6.45, 7) is 1.85. The summed E-state index contributed by atoms with van der Waals surface area (Å²) >= 11 is 5.82. The summed E-state index contributed by atoms with van der Waals surface area (Å²) in [5.41, 5.74) is 0.884. The van der Waals surface area contributed by atoms with Gasteiger partial charge in [0.15, 0.2) is 11.5 Å². The van der Waals surface area contributed by atoms with Crippen LogP contribution in [-0.4, -0.2) is 12.2 Å². The number of ether oxygens (including phenoxy) is 1. The normalized spacial score (nSPS) is 12.6. The Kier molecular flexibility index (Phi) is 2.82. The molecule has 0 bridgehead atoms. The standard InChI is InChI=1S/C9H11ClO2/c1-6(10)7-3-4-9(12-2)8(11)5-7/h3-6,11H,1-2H3. The summed E-state index contributed by atoms with van der Waals surface area (Å²) in [7, 11) is 1.51. The second-order valence-corrected chi connectivity index (χ2v) is 3.20. The molecule has 1 N–H and O–H groups in total. The van der Waals surface area contributed by atoms with Crippen molar-refractivity contribution >= 4 is 11.6 Å². The number of phenolic OH excluding ortho intramolecular Hbond substituents is 1. The Morgan fingerprint density at radius 1 is 1.50 bits per heavy atom. The monoisotopic (exact) mass is 186 g/mol. The van der Waals surface area contributed by atoms with E-state index in [2.05, 4.69) is 0 Å². The van der Waals surface area contributed by atoms with Crippen LogP contribution in [0.15, 0.2) is 18.2 Å². The number of aromatic hydroxyl groups is 1. The predicted molar refractivity (Wildman–Crippen MR) is 48.9 cm³/mol. The zero-order valence-corrected chi connectivity index (χ0v) is 7.80. The van der Waals surface area contributed by atoms with E-state index in [0.717, 1.165) is 5.56 Å². The predicted octanol–water partition coefficient (Wildman–Crippen LogP) is 2.70. The van der Waals surface area contributed by atoms with Crippen LogP contribution >= 0.6 is 11.6 Å². The average molecular weight is 187 g/mol. The van der Waals surface area contributed by atoms with Gasteiger partial charge in [0.1, 0.15) is 0 Å². The van der Waals surface area contributed by atoms with Crippen LogP contribution in [0.25, 0.3) is 0 Å². The largest absolute Gasteiger partial charge is 0.504 e. The summed E-state index contributed by atoms with van der Waals surface area (Å²) in [6.07, 6.45) is 0. The quantitative estimate of drug-likeness (QED) is 0.720. The van der Waals surface area contributed by atoms with E-state index in [1.165, 1.54) is 7.11 Å². The number of phenols is 1. The minimum atomic E-state index is -0.0955. The lowest BCUT2D eigenvalue weighted by Gasteiger charge is -2.06. The highest BCUT2D eigenvalue weighted by atomic mass is 35.5. The number of benzene rings is 1. The third-order valence-electron chi connectivity index (χ3n) is 1.66. The van der Waals surface area contributed by atoms with E-state index in [9.17, 15) is 5.11 Å². The molecule has 2 nitrogen and oxygen atoms in total. The average Bonchev–Trinajstić information content (AvgIpc) is 2.04. The lowest BCUT2D eigenvalue weighted by atomic mass is 10.1. The van der Waals surface area contributed by atoms with Crippen LogP contribution < -0.4 is 4.74 Å². The van der Waals surface area contributed by atoms with Crippen LogP contribution in [0.5, 0.6) is 11.5 Å². The minimum absolute atomic E-state index is 0.0955. The fraction of sp³-hybridized carbons (Fsp3) is 0.333. The Labute approximate surface area is 76.7 Å². The highest BCUT2D eigenvalue weighted by Gasteiger charge is 2.05. The number of methoxy groups -OCH3 is 1. The van der Waals surface area contributed by atoms with Gasteiger partial charge in [-0.3, -0.25) is 0 Å². The molecular weight excluding hydrogens is 176 g/mol. The van der Waals surface area contributed by atoms with Gasteiger partial charge in [-0.15, -0.1) is 11.6 Å². The zero-order chi connectivity index (χ0) is 9.14. The molecule has 0 aliphatic heterocycles. The van der Waals surface area contributed by atoms with Gasteiger partial charge in [-0.2, -0.15) is 0 Å². The summed E-state index contributed by atoms with van der Waals surface area (Å²) in [5.74, 6) is 0.596. The van der Waals surface area contributed by atoms with E-state index < -0.39 is 0 Å². The van der Waals surface area contributed by atoms with Gasteiger partial charge < -0.3 is 9.84 Å². The van der Waals surface area contributed by atoms with Crippen molar-refractivity contribution in [2.24, 2.45) is 0 Å². The molecule has 0 spiro atoms. The Hall–Kier alpha value is -0.890. The lowest BCUT2D eigenvalue weighted by molar-refractivity contribution is 0.373. The second-order valence-electron chi connectivity index (χ2n) is 2.55. The molecule has 1 aromatic carbocycles. The summed E-state index contributed by atoms with van der Waals surface area (Å²) in [4.78, 5) is 0. The molecule has 0 heterocycles. The molecular formula is C9H11ClO2. The maximum Gasteiger partial charge on any atom is 0.160 e. The van der Waals surface area contributed by atoms with Crippen molar-refractivity contribution < 1.29 is 9.84 Å². The highest BCUT2D eigenvalue weighted by molar-refractivity contribution is 6.20. The smallest absolute Gasteiger partial charge is 0.160 e. The number of alkyl halides is 1. The second kappa shape index (κ2) is 3.68. The zero-order valence-electron chi connectivity index (χ0n) is 7.04. The van der Waals surface area contributed by atoms with Crippen molar-refractivity contribution in [2.45, 2.75) is 12.3 Å². The molecule has 66 valence electrons. The third kappa shape index (κ3) is 1.83. The number of hydrogen-bond acceptors (Lipinski definition) is 2. The van der Waals surface area contributed by atoms with Gasteiger partial charge in [0, 0.05) is 0 Å². The molecule has 0 saturated carbocycles. The van der Waals surface area contributed by atoms with Crippen molar-refractivity contribution in [3.63, 3.8) is 0 Å². The maximum absolute atomic E-state index is 9.36. The van der Waals surface area contributed by atoms with Gasteiger partial charge in [-0.05, 0) is 24.6 Å². The van der Waals surface area contributed by atoms with Crippen molar-refractivity contribution in [1.29, 1.82) is 0 Å². The van der Waals surface area contributed by atoms with Crippen molar-refractivity contribution in [1.82, 2.24) is 0 Å². The van der Waals surface area contributed by atoms with E-state index in [4.69, 9.17) is 16.3 Å². The maximum atomic E-state index is 9.36. The van der Waals surface area contributed by atoms with Crippen LogP contribution in [0, 0.1) is 0 Å². The van der Waals surface area contributed by atoms with Gasteiger partial charge in [-0.1, -0.05) is 6.07 Å². The molecule has 3 heteroatoms. The molecule has 1 aromatic rings. The molecule has 1 unspecified atom stereocenters. The van der Waals surface area contributed by atoms with Gasteiger partial charge >= 0.3 is 0 Å². The molecule has 0 saturated heterocycles. The molecule has 12 heavy (non-hydrogen) atoms. The molecule has 0 aromatic heterocycles. The first-order valence-electron chi connectivity index (χ1n) is 3.66. The van der Waals surface area contributed by atoms with E-state index in [-0.39, 0.29) is 11.1 Å². The topological polar surface area (TPSA) is 29.5 Å². The molecule has 0 radical (unpaired) electrons. The Balaban J connectivity index is 3.02. The van der Waals surface area contributed by atoms with E-state index in [0.29, 0.717) is 5.75 Å². The number of hydrogen-bond donors (Lipinski definition) is 1. The first kappa shape index (κ1) is 9.20. The fourth-order valence-corrected chi connectivity index (χ4v) is 1.09. The van der Waals surface area contributed by atoms with E-state index in [1.54, 1.807) is 12.1 Å². The van der Waals surface area contributed by atoms with Gasteiger partial charge in [0.25, 0.3) is 0 Å². The van der Waals surface area contributed by atoms with Crippen molar-refractivity contribution in [3.8, 4) is 11.5 Å². The molecule has 0 aliphatic rings. The van der Waals surface area contributed by atoms with E-state index in [1.807, 2.05) is 13.0 Å². The van der Waals surface area contributed by atoms with Crippen LogP contribution in [0.4, 0.5) is 0 Å². The van der Waals surface area contributed by atoms with Crippen molar-refractivity contribution in [3.05, 3.63) is 23.8 Å². The summed E-state index contributed by atoms with van der Waals surface area (Å²) in [6, 6.07) is 5.14. The summed E-state index contributed by atoms with van der Waals surface area (Å²) in [5, 5.41) is 9.26. The first-order chi connectivity index (χ1) is 5.65. The SMILES string of the molecule is COc1ccc(C(C)Cl)cc1O. The number of halogens is 1. The Morgan fingerprint density at radius 2 is 2.17 bits per heavy atom. The summed E-state index contributed by atoms with van der Waals surface area (Å²) < 4.78 is 4.89. The van der Waals surface area contributed by atoms with E-state index >= 15 is 0 Å². The van der Waals surface area contributed by atoms with Gasteiger partial charge in [-0.25, -0.2) is 0 Å². The number of rotatable bonds is 2. The molecule has 1 atom stereocenters. The van der Waals surface area contributed by atoms with Crippen LogP contribution in [-0.2, 0) is 0 Å². The van der Waals surface area contributed by atoms with Crippen LogP contribution in [0.2, 0.25) is 0 Å². The fourth-order valence-electron chi connectivity index (χ4n) is 0.954. The van der Waals surface area contributed by atoms with Gasteiger partial charge in [0.05, 0.1) is 12.5 Å². The lowest BCUT2D eigenvalue weighted by Crippen LogP contribution is -1.87. The molecule has 0 aliphatic carbocycles. The molecule has 0 fully saturated rings. The third-order valence-corrected chi connectivity index (χ3v) is 1.91. The first-order valence-corrected chi connectivity index (χ1v) is 4.09. The van der Waals surface area contributed by atoms with Crippen LogP contribution in [0.1, 0.15) is 17.9 Å². The molecule has 0 amide bonds. The molecule has 1 rings (SSSR count). The van der Waals surface area contributed by atoms with Crippen molar-refractivity contribution in [2.75, 3.05) is 7.11 Å².